The molecule has 0 bridgehead atoms. The normalized spacial score (nSPS) is 38.0. The number of ether oxygens (including phenoxy) is 1. The maximum atomic E-state index is 9.15. The highest BCUT2D eigenvalue weighted by Crippen LogP contribution is 2.05. The van der Waals surface area contributed by atoms with Crippen LogP contribution >= 0.6 is 0 Å². The summed E-state index contributed by atoms with van der Waals surface area (Å²) in [5, 5.41) is 9.15. The highest BCUT2D eigenvalue weighted by Gasteiger charge is 2.16. The van der Waals surface area contributed by atoms with Gasteiger partial charge in [0.15, 0.2) is 0 Å². The summed E-state index contributed by atoms with van der Waals surface area (Å²) in [6.07, 6.45) is 1.11. The van der Waals surface area contributed by atoms with Gasteiger partial charge in [-0.05, 0) is 12.8 Å². The first-order valence-corrected chi connectivity index (χ1v) is 3.32. The molecule has 0 unspecified atom stereocenters. The minimum Gasteiger partial charge on any atom is -0.391 e. The van der Waals surface area contributed by atoms with Crippen LogP contribution in [-0.2, 0) is 4.74 Å². The third-order valence-electron chi connectivity index (χ3n) is 1.65. The molecule has 9 heavy (non-hydrogen) atoms. The second kappa shape index (κ2) is 3.15. The van der Waals surface area contributed by atoms with E-state index in [1.807, 2.05) is 0 Å². The van der Waals surface area contributed by atoms with E-state index in [-0.39, 0.29) is 12.1 Å². The molecule has 1 aliphatic heterocycles. The van der Waals surface area contributed by atoms with Crippen molar-refractivity contribution in [3.8, 4) is 0 Å². The van der Waals surface area contributed by atoms with E-state index < -0.39 is 0 Å². The molecule has 0 aromatic rings. The van der Waals surface area contributed by atoms with Crippen LogP contribution in [0.4, 0.5) is 0 Å². The van der Waals surface area contributed by atoms with Gasteiger partial charge in [-0.3, -0.25) is 0 Å². The molecule has 1 aliphatic rings. The summed E-state index contributed by atoms with van der Waals surface area (Å²) in [5.41, 5.74) is 5.55. The molecule has 1 heterocycles. The van der Waals surface area contributed by atoms with Crippen LogP contribution in [0.2, 0.25) is 0 Å². The predicted octanol–water partition coefficient (Wildman–Crippen LogP) is -0.515. The molecule has 1 fully saturated rings. The zero-order valence-corrected chi connectivity index (χ0v) is 5.42. The van der Waals surface area contributed by atoms with Gasteiger partial charge in [0.25, 0.3) is 0 Å². The second-order valence-electron chi connectivity index (χ2n) is 2.42. The van der Waals surface area contributed by atoms with Crippen molar-refractivity contribution in [2.24, 2.45) is 5.73 Å². The second-order valence-corrected chi connectivity index (χ2v) is 2.42. The minimum atomic E-state index is -0.354. The monoisotopic (exact) mass is 131 g/mol. The van der Waals surface area contributed by atoms with Crippen LogP contribution in [-0.4, -0.2) is 30.5 Å². The Morgan fingerprint density at radius 1 is 1.33 bits per heavy atom. The van der Waals surface area contributed by atoms with Gasteiger partial charge < -0.3 is 15.6 Å². The third-order valence-corrected chi connectivity index (χ3v) is 1.65. The highest BCUT2D eigenvalue weighted by molar-refractivity contribution is 4.73. The average molecular weight is 131 g/mol. The third kappa shape index (κ3) is 1.93. The molecule has 0 aromatic heterocycles. The fourth-order valence-corrected chi connectivity index (χ4v) is 0.932. The fourth-order valence-electron chi connectivity index (χ4n) is 0.932. The molecule has 0 aliphatic carbocycles. The minimum absolute atomic E-state index is 0.0764. The van der Waals surface area contributed by atoms with E-state index in [0.717, 1.165) is 6.42 Å². The molecule has 3 N–H and O–H groups in total. The van der Waals surface area contributed by atoms with Crippen molar-refractivity contribution in [1.29, 1.82) is 0 Å². The van der Waals surface area contributed by atoms with E-state index in [2.05, 4.69) is 0 Å². The first-order chi connectivity index (χ1) is 4.30. The lowest BCUT2D eigenvalue weighted by molar-refractivity contribution is 0.114. The van der Waals surface area contributed by atoms with Gasteiger partial charge >= 0.3 is 0 Å². The first-order valence-electron chi connectivity index (χ1n) is 3.32. The van der Waals surface area contributed by atoms with Crippen LogP contribution in [0, 0.1) is 0 Å². The van der Waals surface area contributed by atoms with E-state index in [9.17, 15) is 0 Å². The maximum Gasteiger partial charge on any atom is 0.0713 e. The van der Waals surface area contributed by atoms with E-state index in [1.54, 1.807) is 0 Å². The van der Waals surface area contributed by atoms with Gasteiger partial charge in [-0.1, -0.05) is 0 Å². The van der Waals surface area contributed by atoms with Crippen LogP contribution in [0.3, 0.4) is 0 Å². The van der Waals surface area contributed by atoms with Gasteiger partial charge in [-0.15, -0.1) is 0 Å². The Morgan fingerprint density at radius 2 is 2.00 bits per heavy atom. The molecule has 3 nitrogen and oxygen atoms in total. The summed E-state index contributed by atoms with van der Waals surface area (Å²) >= 11 is 0. The Labute approximate surface area is 54.8 Å². The van der Waals surface area contributed by atoms with Crippen molar-refractivity contribution in [3.63, 3.8) is 0 Å². The molecule has 0 aromatic carbocycles. The number of rotatable bonds is 0. The summed E-state index contributed by atoms with van der Waals surface area (Å²) in [6.45, 7) is 1.34. The molecule has 54 valence electrons. The molecular formula is C6H13NO2. The molecule has 0 amide bonds. The zero-order chi connectivity index (χ0) is 6.69. The molecule has 1 rings (SSSR count). The summed E-state index contributed by atoms with van der Waals surface area (Å²) in [5.74, 6) is 0. The molecule has 2 atom stereocenters. The molecule has 3 heteroatoms. The molecular weight excluding hydrogens is 118 g/mol. The Hall–Kier alpha value is -0.120. The number of aliphatic hydroxyl groups excluding tert-OH is 1. The van der Waals surface area contributed by atoms with Crippen LogP contribution in [0.5, 0.6) is 0 Å². The number of aliphatic hydroxyl groups is 1. The lowest BCUT2D eigenvalue weighted by Crippen LogP contribution is -2.33. The summed E-state index contributed by atoms with van der Waals surface area (Å²) in [6, 6.07) is -0.0764. The van der Waals surface area contributed by atoms with Crippen LogP contribution in [0.25, 0.3) is 0 Å². The van der Waals surface area contributed by atoms with Gasteiger partial charge in [0, 0.05) is 19.3 Å². The van der Waals surface area contributed by atoms with E-state index in [1.165, 1.54) is 0 Å². The van der Waals surface area contributed by atoms with Gasteiger partial charge in [0.2, 0.25) is 0 Å². The van der Waals surface area contributed by atoms with Crippen molar-refractivity contribution in [2.45, 2.75) is 25.0 Å². The topological polar surface area (TPSA) is 55.5 Å². The van der Waals surface area contributed by atoms with E-state index in [4.69, 9.17) is 15.6 Å². The predicted molar refractivity (Wildman–Crippen MR) is 34.0 cm³/mol. The molecule has 0 radical (unpaired) electrons. The van der Waals surface area contributed by atoms with Gasteiger partial charge in [-0.2, -0.15) is 0 Å². The van der Waals surface area contributed by atoms with E-state index in [0.29, 0.717) is 19.6 Å². The quantitative estimate of drug-likeness (QED) is 0.465. The fraction of sp³-hybridized carbons (Fsp3) is 1.00. The van der Waals surface area contributed by atoms with Crippen molar-refractivity contribution in [2.75, 3.05) is 13.2 Å². The SMILES string of the molecule is N[C@H]1CCOCC[C@@H]1O. The first kappa shape index (κ1) is 6.99. The van der Waals surface area contributed by atoms with Crippen LogP contribution in [0.15, 0.2) is 0 Å². The summed E-state index contributed by atoms with van der Waals surface area (Å²) < 4.78 is 5.10. The van der Waals surface area contributed by atoms with Gasteiger partial charge in [0.1, 0.15) is 0 Å². The number of hydrogen-bond donors (Lipinski definition) is 2. The van der Waals surface area contributed by atoms with Crippen LogP contribution < -0.4 is 5.73 Å². The van der Waals surface area contributed by atoms with Crippen molar-refractivity contribution < 1.29 is 9.84 Å². The lowest BCUT2D eigenvalue weighted by atomic mass is 10.1. The maximum absolute atomic E-state index is 9.15. The lowest BCUT2D eigenvalue weighted by Gasteiger charge is -2.12. The number of nitrogens with two attached hydrogens (primary N) is 1. The Kier molecular flexibility index (Phi) is 2.45. The zero-order valence-electron chi connectivity index (χ0n) is 5.42. The molecule has 0 saturated carbocycles. The standard InChI is InChI=1S/C6H13NO2/c7-5-1-3-9-4-2-6(5)8/h5-6,8H,1-4,7H2/t5-,6-/m0/s1. The summed E-state index contributed by atoms with van der Waals surface area (Å²) in [7, 11) is 0. The number of hydrogen-bond acceptors (Lipinski definition) is 3. The van der Waals surface area contributed by atoms with Crippen molar-refractivity contribution in [3.05, 3.63) is 0 Å². The smallest absolute Gasteiger partial charge is 0.0713 e. The Morgan fingerprint density at radius 3 is 2.78 bits per heavy atom. The Balaban J connectivity index is 2.32. The largest absolute Gasteiger partial charge is 0.391 e. The summed E-state index contributed by atoms with van der Waals surface area (Å²) in [4.78, 5) is 0. The van der Waals surface area contributed by atoms with Crippen molar-refractivity contribution in [1.82, 2.24) is 0 Å². The Bertz CT molecular complexity index is 77.1. The van der Waals surface area contributed by atoms with Gasteiger partial charge in [-0.25, -0.2) is 0 Å². The van der Waals surface area contributed by atoms with Crippen molar-refractivity contribution >= 4 is 0 Å². The molecule has 0 spiro atoms. The van der Waals surface area contributed by atoms with Crippen LogP contribution in [0.1, 0.15) is 12.8 Å². The highest BCUT2D eigenvalue weighted by atomic mass is 16.5. The van der Waals surface area contributed by atoms with Gasteiger partial charge in [0.05, 0.1) is 6.10 Å². The van der Waals surface area contributed by atoms with E-state index >= 15 is 0 Å². The molecule has 1 saturated heterocycles. The average Bonchev–Trinajstić information content (AvgIpc) is 1.99.